The Kier molecular flexibility index (Phi) is 4.73. The molecule has 0 aliphatic carbocycles. The Morgan fingerprint density at radius 1 is 1.53 bits per heavy atom. The SMILES string of the molecule is CC(C)C(Br)C(=O)Nc1ccncc1Br. The molecule has 1 rings (SSSR count). The van der Waals surface area contributed by atoms with Crippen molar-refractivity contribution < 1.29 is 4.79 Å². The third kappa shape index (κ3) is 3.57. The van der Waals surface area contributed by atoms with Crippen LogP contribution >= 0.6 is 31.9 Å². The van der Waals surface area contributed by atoms with Crippen molar-refractivity contribution in [1.29, 1.82) is 0 Å². The average Bonchev–Trinajstić information content (AvgIpc) is 2.20. The molecular weight excluding hydrogens is 324 g/mol. The first-order valence-corrected chi connectivity index (χ1v) is 6.27. The summed E-state index contributed by atoms with van der Waals surface area (Å²) in [5.74, 6) is 0.211. The van der Waals surface area contributed by atoms with Crippen molar-refractivity contribution >= 4 is 43.5 Å². The lowest BCUT2D eigenvalue weighted by Gasteiger charge is -2.14. The normalized spacial score (nSPS) is 12.6. The fraction of sp³-hybridized carbons (Fsp3) is 0.400. The van der Waals surface area contributed by atoms with Crippen LogP contribution in [0.2, 0.25) is 0 Å². The molecule has 1 heterocycles. The molecule has 0 bridgehead atoms. The Morgan fingerprint density at radius 3 is 2.73 bits per heavy atom. The monoisotopic (exact) mass is 334 g/mol. The van der Waals surface area contributed by atoms with Gasteiger partial charge in [-0.15, -0.1) is 0 Å². The number of rotatable bonds is 3. The van der Waals surface area contributed by atoms with Crippen molar-refractivity contribution in [2.75, 3.05) is 5.32 Å². The fourth-order valence-electron chi connectivity index (χ4n) is 0.981. The predicted molar refractivity (Wildman–Crippen MR) is 68.1 cm³/mol. The summed E-state index contributed by atoms with van der Waals surface area (Å²) in [4.78, 5) is 15.4. The summed E-state index contributed by atoms with van der Waals surface area (Å²) < 4.78 is 0.779. The van der Waals surface area contributed by atoms with E-state index >= 15 is 0 Å². The van der Waals surface area contributed by atoms with Crippen LogP contribution in [0.5, 0.6) is 0 Å². The van der Waals surface area contributed by atoms with Gasteiger partial charge in [0.25, 0.3) is 0 Å². The van der Waals surface area contributed by atoms with Crippen molar-refractivity contribution in [3.63, 3.8) is 0 Å². The lowest BCUT2D eigenvalue weighted by molar-refractivity contribution is -0.116. The van der Waals surface area contributed by atoms with E-state index in [0.29, 0.717) is 0 Å². The molecular formula is C10H12Br2N2O. The van der Waals surface area contributed by atoms with Gasteiger partial charge in [0.15, 0.2) is 0 Å². The summed E-state index contributed by atoms with van der Waals surface area (Å²) in [6, 6.07) is 1.75. The number of hydrogen-bond donors (Lipinski definition) is 1. The summed E-state index contributed by atoms with van der Waals surface area (Å²) in [5, 5.41) is 2.82. The molecule has 0 fully saturated rings. The number of halogens is 2. The first-order valence-electron chi connectivity index (χ1n) is 4.57. The first-order chi connectivity index (χ1) is 7.02. The largest absolute Gasteiger partial charge is 0.324 e. The number of amides is 1. The number of anilines is 1. The molecule has 1 unspecified atom stereocenters. The van der Waals surface area contributed by atoms with Crippen LogP contribution in [0.1, 0.15) is 13.8 Å². The van der Waals surface area contributed by atoms with Crippen LogP contribution in [-0.4, -0.2) is 15.7 Å². The molecule has 1 aromatic heterocycles. The quantitative estimate of drug-likeness (QED) is 0.862. The number of carbonyl (C=O) groups is 1. The maximum atomic E-state index is 11.7. The van der Waals surface area contributed by atoms with Crippen LogP contribution in [0.25, 0.3) is 0 Å². The topological polar surface area (TPSA) is 42.0 Å². The summed E-state index contributed by atoms with van der Waals surface area (Å²) in [7, 11) is 0. The Labute approximate surface area is 106 Å². The highest BCUT2D eigenvalue weighted by molar-refractivity contribution is 9.10. The predicted octanol–water partition coefficient (Wildman–Crippen LogP) is 3.20. The van der Waals surface area contributed by atoms with Gasteiger partial charge in [-0.2, -0.15) is 0 Å². The number of aromatic nitrogens is 1. The number of hydrogen-bond acceptors (Lipinski definition) is 2. The van der Waals surface area contributed by atoms with Gasteiger partial charge in [0, 0.05) is 12.4 Å². The van der Waals surface area contributed by atoms with Gasteiger partial charge in [-0.1, -0.05) is 29.8 Å². The van der Waals surface area contributed by atoms with Gasteiger partial charge in [0.05, 0.1) is 15.0 Å². The molecule has 0 saturated carbocycles. The van der Waals surface area contributed by atoms with Gasteiger partial charge in [-0.05, 0) is 27.9 Å². The molecule has 15 heavy (non-hydrogen) atoms. The molecule has 0 aliphatic heterocycles. The number of pyridine rings is 1. The van der Waals surface area contributed by atoms with Gasteiger partial charge >= 0.3 is 0 Å². The number of nitrogens with one attached hydrogen (secondary N) is 1. The fourth-order valence-corrected chi connectivity index (χ4v) is 1.44. The molecule has 0 aromatic carbocycles. The van der Waals surface area contributed by atoms with Crippen LogP contribution in [0, 0.1) is 5.92 Å². The van der Waals surface area contributed by atoms with E-state index in [1.807, 2.05) is 13.8 Å². The molecule has 3 nitrogen and oxygen atoms in total. The third-order valence-electron chi connectivity index (χ3n) is 1.87. The van der Waals surface area contributed by atoms with E-state index in [9.17, 15) is 4.79 Å². The van der Waals surface area contributed by atoms with Crippen LogP contribution in [0.15, 0.2) is 22.9 Å². The van der Waals surface area contributed by atoms with Crippen molar-refractivity contribution in [3.05, 3.63) is 22.9 Å². The molecule has 0 saturated heterocycles. The Morgan fingerprint density at radius 2 is 2.20 bits per heavy atom. The van der Waals surface area contributed by atoms with E-state index in [0.717, 1.165) is 10.2 Å². The first kappa shape index (κ1) is 12.6. The van der Waals surface area contributed by atoms with E-state index in [-0.39, 0.29) is 16.7 Å². The second-order valence-electron chi connectivity index (χ2n) is 3.49. The standard InChI is InChI=1S/C10H12Br2N2O/c1-6(2)9(12)10(15)14-8-3-4-13-5-7(8)11/h3-6,9H,1-2H3,(H,13,14,15). The minimum atomic E-state index is -0.183. The van der Waals surface area contributed by atoms with Gasteiger partial charge in [-0.25, -0.2) is 0 Å². The highest BCUT2D eigenvalue weighted by Gasteiger charge is 2.19. The summed E-state index contributed by atoms with van der Waals surface area (Å²) in [5.41, 5.74) is 0.736. The number of carbonyl (C=O) groups excluding carboxylic acids is 1. The zero-order chi connectivity index (χ0) is 11.4. The van der Waals surface area contributed by atoms with Gasteiger partial charge < -0.3 is 5.32 Å². The highest BCUT2D eigenvalue weighted by Crippen LogP contribution is 2.22. The molecule has 82 valence electrons. The summed E-state index contributed by atoms with van der Waals surface area (Å²) in [6.07, 6.45) is 3.28. The van der Waals surface area contributed by atoms with E-state index in [4.69, 9.17) is 0 Å². The number of alkyl halides is 1. The highest BCUT2D eigenvalue weighted by atomic mass is 79.9. The second kappa shape index (κ2) is 5.61. The van der Waals surface area contributed by atoms with Crippen LogP contribution in [0.4, 0.5) is 5.69 Å². The average molecular weight is 336 g/mol. The van der Waals surface area contributed by atoms with Crippen molar-refractivity contribution in [1.82, 2.24) is 4.98 Å². The van der Waals surface area contributed by atoms with E-state index < -0.39 is 0 Å². The van der Waals surface area contributed by atoms with Crippen LogP contribution < -0.4 is 5.32 Å². The Hall–Kier alpha value is -0.420. The lowest BCUT2D eigenvalue weighted by Crippen LogP contribution is -2.27. The molecule has 1 amide bonds. The maximum absolute atomic E-state index is 11.7. The summed E-state index contributed by atoms with van der Waals surface area (Å²) in [6.45, 7) is 3.97. The minimum absolute atomic E-state index is 0.0445. The molecule has 0 spiro atoms. The molecule has 1 atom stereocenters. The molecule has 0 aliphatic rings. The van der Waals surface area contributed by atoms with Crippen molar-refractivity contribution in [3.8, 4) is 0 Å². The van der Waals surface area contributed by atoms with Gasteiger partial charge in [0.1, 0.15) is 0 Å². The molecule has 0 radical (unpaired) electrons. The Balaban J connectivity index is 2.71. The summed E-state index contributed by atoms with van der Waals surface area (Å²) >= 11 is 6.67. The molecule has 1 aromatic rings. The maximum Gasteiger partial charge on any atom is 0.238 e. The van der Waals surface area contributed by atoms with E-state index in [2.05, 4.69) is 42.2 Å². The lowest BCUT2D eigenvalue weighted by atomic mass is 10.1. The van der Waals surface area contributed by atoms with Crippen LogP contribution in [-0.2, 0) is 4.79 Å². The van der Waals surface area contributed by atoms with Gasteiger partial charge in [-0.3, -0.25) is 9.78 Å². The second-order valence-corrected chi connectivity index (χ2v) is 5.33. The van der Waals surface area contributed by atoms with E-state index in [1.54, 1.807) is 18.5 Å². The van der Waals surface area contributed by atoms with Crippen molar-refractivity contribution in [2.24, 2.45) is 5.92 Å². The zero-order valence-electron chi connectivity index (χ0n) is 8.50. The number of nitrogens with zero attached hydrogens (tertiary/aromatic N) is 1. The van der Waals surface area contributed by atoms with Crippen LogP contribution in [0.3, 0.4) is 0 Å². The van der Waals surface area contributed by atoms with Crippen molar-refractivity contribution in [2.45, 2.75) is 18.7 Å². The smallest absolute Gasteiger partial charge is 0.238 e. The zero-order valence-corrected chi connectivity index (χ0v) is 11.7. The van der Waals surface area contributed by atoms with Gasteiger partial charge in [0.2, 0.25) is 5.91 Å². The van der Waals surface area contributed by atoms with E-state index in [1.165, 1.54) is 0 Å². The minimum Gasteiger partial charge on any atom is -0.324 e. The Bertz CT molecular complexity index is 355. The molecule has 5 heteroatoms. The third-order valence-corrected chi connectivity index (χ3v) is 3.97. The molecule has 1 N–H and O–H groups in total.